The summed E-state index contributed by atoms with van der Waals surface area (Å²) in [6.45, 7) is 1.96. The summed E-state index contributed by atoms with van der Waals surface area (Å²) in [6, 6.07) is 21.0. The Morgan fingerprint density at radius 2 is 1.89 bits per heavy atom. The number of pyridine rings is 1. The van der Waals surface area contributed by atoms with Gasteiger partial charge in [-0.2, -0.15) is 5.26 Å². The van der Waals surface area contributed by atoms with Gasteiger partial charge >= 0.3 is 0 Å². The van der Waals surface area contributed by atoms with Crippen LogP contribution in [0.1, 0.15) is 11.1 Å². The van der Waals surface area contributed by atoms with Crippen LogP contribution in [0.3, 0.4) is 0 Å². The van der Waals surface area contributed by atoms with Crippen LogP contribution >= 0.6 is 0 Å². The molecule has 5 aromatic rings. The van der Waals surface area contributed by atoms with E-state index in [1.165, 1.54) is 31.6 Å². The van der Waals surface area contributed by atoms with Crippen molar-refractivity contribution >= 4 is 32.3 Å². The van der Waals surface area contributed by atoms with Gasteiger partial charge in [0, 0.05) is 29.4 Å². The number of fused-ring (bicyclic) bond motifs is 1. The Labute approximate surface area is 208 Å². The molecule has 9 heteroatoms. The molecule has 0 atom stereocenters. The predicted molar refractivity (Wildman–Crippen MR) is 135 cm³/mol. The van der Waals surface area contributed by atoms with Crippen LogP contribution in [0.4, 0.5) is 11.5 Å². The fraction of sp³-hybridized carbons (Fsp3) is 0.0741. The minimum absolute atomic E-state index is 0.0234. The summed E-state index contributed by atoms with van der Waals surface area (Å²) in [4.78, 5) is 4.11. The van der Waals surface area contributed by atoms with Crippen LogP contribution in [0.25, 0.3) is 21.9 Å². The minimum atomic E-state index is -4.21. The summed E-state index contributed by atoms with van der Waals surface area (Å²) in [5.74, 6) is 0.275. The summed E-state index contributed by atoms with van der Waals surface area (Å²) < 4.78 is 39.7. The monoisotopic (exact) mass is 496 g/mol. The van der Waals surface area contributed by atoms with Crippen molar-refractivity contribution in [2.75, 3.05) is 11.4 Å². The van der Waals surface area contributed by atoms with Crippen molar-refractivity contribution in [2.45, 2.75) is 11.8 Å². The van der Waals surface area contributed by atoms with Crippen LogP contribution in [0.15, 0.2) is 94.8 Å². The number of anilines is 2. The molecule has 0 aliphatic rings. The molecule has 0 spiro atoms. The Morgan fingerprint density at radius 3 is 2.61 bits per heavy atom. The van der Waals surface area contributed by atoms with Gasteiger partial charge in [-0.1, -0.05) is 41.1 Å². The lowest BCUT2D eigenvalue weighted by atomic mass is 9.97. The summed E-state index contributed by atoms with van der Waals surface area (Å²) in [5, 5.41) is 15.4. The Hall–Kier alpha value is -4.68. The highest BCUT2D eigenvalue weighted by molar-refractivity contribution is 7.93. The van der Waals surface area contributed by atoms with E-state index in [2.05, 4.69) is 16.2 Å². The van der Waals surface area contributed by atoms with E-state index in [1.54, 1.807) is 36.7 Å². The number of sulfonamides is 1. The van der Waals surface area contributed by atoms with Gasteiger partial charge in [-0.15, -0.1) is 0 Å². The first-order chi connectivity index (χ1) is 17.4. The minimum Gasteiger partial charge on any atom is -0.495 e. The van der Waals surface area contributed by atoms with Gasteiger partial charge in [0.15, 0.2) is 5.82 Å². The second-order valence-electron chi connectivity index (χ2n) is 8.06. The molecular weight excluding hydrogens is 476 g/mol. The summed E-state index contributed by atoms with van der Waals surface area (Å²) >= 11 is 0. The van der Waals surface area contributed by atoms with Gasteiger partial charge in [0.2, 0.25) is 0 Å². The molecule has 178 valence electrons. The fourth-order valence-corrected chi connectivity index (χ4v) is 5.52. The highest BCUT2D eigenvalue weighted by Gasteiger charge is 2.32. The number of aromatic nitrogens is 2. The number of aryl methyl sites for hydroxylation is 1. The summed E-state index contributed by atoms with van der Waals surface area (Å²) in [6.07, 6.45) is 4.54. The SMILES string of the molecule is COc1cc(-c2cccc(C)c2)c(C#N)cc1N(c1ccon1)S(=O)(=O)c1ccc2cnccc2c1. The van der Waals surface area contributed by atoms with Crippen molar-refractivity contribution in [2.24, 2.45) is 0 Å². The topological polar surface area (TPSA) is 109 Å². The van der Waals surface area contributed by atoms with Crippen LogP contribution in [-0.2, 0) is 10.0 Å². The van der Waals surface area contributed by atoms with Crippen molar-refractivity contribution in [1.29, 1.82) is 5.26 Å². The smallest absolute Gasteiger partial charge is 0.270 e. The lowest BCUT2D eigenvalue weighted by molar-refractivity contribution is 0.414. The van der Waals surface area contributed by atoms with Crippen molar-refractivity contribution in [3.05, 3.63) is 96.5 Å². The van der Waals surface area contributed by atoms with E-state index in [-0.39, 0.29) is 27.7 Å². The van der Waals surface area contributed by atoms with Gasteiger partial charge in [0.1, 0.15) is 17.7 Å². The Kier molecular flexibility index (Phi) is 5.88. The van der Waals surface area contributed by atoms with E-state index in [4.69, 9.17) is 9.26 Å². The van der Waals surface area contributed by atoms with Gasteiger partial charge in [-0.05, 0) is 48.2 Å². The molecule has 5 rings (SSSR count). The largest absolute Gasteiger partial charge is 0.495 e. The van der Waals surface area contributed by atoms with E-state index in [0.717, 1.165) is 20.8 Å². The van der Waals surface area contributed by atoms with Crippen molar-refractivity contribution in [3.63, 3.8) is 0 Å². The van der Waals surface area contributed by atoms with Crippen LogP contribution in [0.5, 0.6) is 5.75 Å². The van der Waals surface area contributed by atoms with Crippen molar-refractivity contribution < 1.29 is 17.7 Å². The first-order valence-electron chi connectivity index (χ1n) is 10.9. The van der Waals surface area contributed by atoms with E-state index < -0.39 is 10.0 Å². The lowest BCUT2D eigenvalue weighted by Gasteiger charge is -2.24. The van der Waals surface area contributed by atoms with E-state index in [9.17, 15) is 13.7 Å². The van der Waals surface area contributed by atoms with Crippen LogP contribution in [0, 0.1) is 18.3 Å². The summed E-state index contributed by atoms with van der Waals surface area (Å²) in [5.41, 5.74) is 2.88. The second kappa shape index (κ2) is 9.17. The number of hydrogen-bond acceptors (Lipinski definition) is 7. The predicted octanol–water partition coefficient (Wildman–Crippen LogP) is 5.61. The summed E-state index contributed by atoms with van der Waals surface area (Å²) in [7, 11) is -2.76. The maximum Gasteiger partial charge on any atom is 0.270 e. The number of methoxy groups -OCH3 is 1. The van der Waals surface area contributed by atoms with E-state index in [0.29, 0.717) is 10.9 Å². The Bertz CT molecular complexity index is 1730. The maximum atomic E-state index is 14.0. The number of rotatable bonds is 6. The molecule has 0 N–H and O–H groups in total. The number of benzene rings is 3. The average molecular weight is 497 g/mol. The molecule has 3 aromatic carbocycles. The molecule has 2 heterocycles. The van der Waals surface area contributed by atoms with Crippen molar-refractivity contribution in [3.8, 4) is 22.9 Å². The number of nitrogens with zero attached hydrogens (tertiary/aromatic N) is 4. The highest BCUT2D eigenvalue weighted by atomic mass is 32.2. The molecule has 0 saturated carbocycles. The van der Waals surface area contributed by atoms with Crippen LogP contribution in [0.2, 0.25) is 0 Å². The third-order valence-electron chi connectivity index (χ3n) is 5.77. The molecule has 0 aliphatic heterocycles. The molecule has 0 radical (unpaired) electrons. The van der Waals surface area contributed by atoms with Gasteiger partial charge in [0.25, 0.3) is 10.0 Å². The third-order valence-corrected chi connectivity index (χ3v) is 7.48. The first-order valence-corrected chi connectivity index (χ1v) is 12.3. The quantitative estimate of drug-likeness (QED) is 0.301. The molecule has 36 heavy (non-hydrogen) atoms. The van der Waals surface area contributed by atoms with E-state index in [1.807, 2.05) is 31.2 Å². The lowest BCUT2D eigenvalue weighted by Crippen LogP contribution is -2.27. The zero-order valence-corrected chi connectivity index (χ0v) is 20.2. The zero-order chi connectivity index (χ0) is 25.3. The average Bonchev–Trinajstić information content (AvgIpc) is 3.42. The molecular formula is C27H20N4O4S. The van der Waals surface area contributed by atoms with Gasteiger partial charge < -0.3 is 9.26 Å². The molecule has 0 bridgehead atoms. The normalized spacial score (nSPS) is 11.2. The molecule has 0 amide bonds. The van der Waals surface area contributed by atoms with Gasteiger partial charge in [0.05, 0.1) is 23.6 Å². The number of ether oxygens (including phenoxy) is 1. The van der Waals surface area contributed by atoms with Crippen LogP contribution in [-0.4, -0.2) is 25.7 Å². The molecule has 0 fully saturated rings. The van der Waals surface area contributed by atoms with Crippen LogP contribution < -0.4 is 9.04 Å². The standard InChI is InChI=1S/C27H20N4O4S/c1-18-4-3-5-20(12-18)24-15-26(34-2)25(14-22(24)16-28)31(27-9-11-35-30-27)36(32,33)23-7-6-21-17-29-10-8-19(21)13-23/h3-15,17H,1-2H3. The second-order valence-corrected chi connectivity index (χ2v) is 9.85. The number of nitriles is 1. The molecule has 2 aromatic heterocycles. The fourth-order valence-electron chi connectivity index (χ4n) is 4.05. The van der Waals surface area contributed by atoms with E-state index >= 15 is 0 Å². The Morgan fingerprint density at radius 1 is 1.03 bits per heavy atom. The molecule has 0 saturated heterocycles. The zero-order valence-electron chi connectivity index (χ0n) is 19.4. The first kappa shape index (κ1) is 23.1. The highest BCUT2D eigenvalue weighted by Crippen LogP contribution is 2.42. The molecule has 0 unspecified atom stereocenters. The molecule has 8 nitrogen and oxygen atoms in total. The number of hydrogen-bond donors (Lipinski definition) is 0. The Balaban J connectivity index is 1.74. The maximum absolute atomic E-state index is 14.0. The molecule has 0 aliphatic carbocycles. The van der Waals surface area contributed by atoms with Crippen molar-refractivity contribution in [1.82, 2.24) is 10.1 Å². The third kappa shape index (κ3) is 4.04. The van der Waals surface area contributed by atoms with Gasteiger partial charge in [-0.3, -0.25) is 4.98 Å². The van der Waals surface area contributed by atoms with Gasteiger partial charge in [-0.25, -0.2) is 12.7 Å².